The molecule has 0 bridgehead atoms. The maximum absolute atomic E-state index is 11.8. The van der Waals surface area contributed by atoms with Crippen molar-refractivity contribution in [1.82, 2.24) is 5.32 Å². The lowest BCUT2D eigenvalue weighted by molar-refractivity contribution is 0.124. The summed E-state index contributed by atoms with van der Waals surface area (Å²) in [5.41, 5.74) is 1.94. The lowest BCUT2D eigenvalue weighted by Crippen LogP contribution is -2.30. The summed E-state index contributed by atoms with van der Waals surface area (Å²) in [5.74, 6) is 0. The molecule has 1 aromatic rings. The molecule has 0 radical (unpaired) electrons. The van der Waals surface area contributed by atoms with E-state index in [-0.39, 0.29) is 12.2 Å². The maximum atomic E-state index is 11.8. The Balaban J connectivity index is 2.87. The molecule has 1 aromatic carbocycles. The number of carbonyl (C=O) groups is 1. The molecule has 0 aliphatic carbocycles. The van der Waals surface area contributed by atoms with Crippen LogP contribution in [0, 0.1) is 0 Å². The first-order valence-electron chi connectivity index (χ1n) is 5.73. The summed E-state index contributed by atoms with van der Waals surface area (Å²) < 4.78 is 5.17. The minimum Gasteiger partial charge on any atom is -0.446 e. The SMILES string of the molecule is CNCc1ccccc1N(C)C(=O)OC(C)C. The number of ether oxygens (including phenoxy) is 1. The van der Waals surface area contributed by atoms with Crippen LogP contribution in [0.3, 0.4) is 0 Å². The van der Waals surface area contributed by atoms with Crippen molar-refractivity contribution in [3.63, 3.8) is 0 Å². The van der Waals surface area contributed by atoms with E-state index in [0.717, 1.165) is 17.8 Å². The Kier molecular flexibility index (Phi) is 4.97. The van der Waals surface area contributed by atoms with Crippen molar-refractivity contribution in [3.8, 4) is 0 Å². The fraction of sp³-hybridized carbons (Fsp3) is 0.462. The van der Waals surface area contributed by atoms with Crippen LogP contribution in [0.1, 0.15) is 19.4 Å². The van der Waals surface area contributed by atoms with Crippen molar-refractivity contribution in [2.75, 3.05) is 19.0 Å². The zero-order valence-corrected chi connectivity index (χ0v) is 10.9. The van der Waals surface area contributed by atoms with E-state index in [9.17, 15) is 4.79 Å². The third-order valence-corrected chi connectivity index (χ3v) is 2.33. The smallest absolute Gasteiger partial charge is 0.414 e. The number of para-hydroxylation sites is 1. The van der Waals surface area contributed by atoms with E-state index >= 15 is 0 Å². The van der Waals surface area contributed by atoms with Crippen molar-refractivity contribution < 1.29 is 9.53 Å². The standard InChI is InChI=1S/C13H20N2O2/c1-10(2)17-13(16)15(4)12-8-6-5-7-11(12)9-14-3/h5-8,10,14H,9H2,1-4H3. The summed E-state index contributed by atoms with van der Waals surface area (Å²) in [4.78, 5) is 13.3. The minimum absolute atomic E-state index is 0.110. The normalized spacial score (nSPS) is 10.4. The van der Waals surface area contributed by atoms with Crippen LogP contribution in [0.4, 0.5) is 10.5 Å². The molecule has 0 atom stereocenters. The van der Waals surface area contributed by atoms with Crippen LogP contribution >= 0.6 is 0 Å². The Morgan fingerprint density at radius 1 is 1.41 bits per heavy atom. The van der Waals surface area contributed by atoms with E-state index in [4.69, 9.17) is 4.74 Å². The van der Waals surface area contributed by atoms with Crippen LogP contribution in [0.5, 0.6) is 0 Å². The zero-order valence-electron chi connectivity index (χ0n) is 10.9. The van der Waals surface area contributed by atoms with Crippen LogP contribution in [-0.4, -0.2) is 26.3 Å². The second-order valence-electron chi connectivity index (χ2n) is 4.15. The summed E-state index contributed by atoms with van der Waals surface area (Å²) in [6, 6.07) is 7.77. The van der Waals surface area contributed by atoms with E-state index in [1.54, 1.807) is 7.05 Å². The maximum Gasteiger partial charge on any atom is 0.414 e. The van der Waals surface area contributed by atoms with Crippen LogP contribution in [0.15, 0.2) is 24.3 Å². The average Bonchev–Trinajstić information content (AvgIpc) is 2.28. The van der Waals surface area contributed by atoms with Gasteiger partial charge >= 0.3 is 6.09 Å². The van der Waals surface area contributed by atoms with Crippen molar-refractivity contribution in [3.05, 3.63) is 29.8 Å². The number of hydrogen-bond acceptors (Lipinski definition) is 3. The Hall–Kier alpha value is -1.55. The quantitative estimate of drug-likeness (QED) is 0.872. The van der Waals surface area contributed by atoms with Gasteiger partial charge in [0.15, 0.2) is 0 Å². The number of benzene rings is 1. The summed E-state index contributed by atoms with van der Waals surface area (Å²) >= 11 is 0. The number of nitrogens with zero attached hydrogens (tertiary/aromatic N) is 1. The molecule has 1 N–H and O–H groups in total. The zero-order chi connectivity index (χ0) is 12.8. The number of nitrogens with one attached hydrogen (secondary N) is 1. The molecule has 0 saturated carbocycles. The molecular formula is C13H20N2O2. The molecule has 0 fully saturated rings. The van der Waals surface area contributed by atoms with E-state index in [2.05, 4.69) is 5.32 Å². The molecule has 94 valence electrons. The fourth-order valence-corrected chi connectivity index (χ4v) is 1.56. The second kappa shape index (κ2) is 6.25. The number of amides is 1. The molecule has 1 rings (SSSR count). The molecule has 0 unspecified atom stereocenters. The van der Waals surface area contributed by atoms with Crippen molar-refractivity contribution >= 4 is 11.8 Å². The first kappa shape index (κ1) is 13.5. The van der Waals surface area contributed by atoms with Gasteiger partial charge in [0.25, 0.3) is 0 Å². The monoisotopic (exact) mass is 236 g/mol. The lowest BCUT2D eigenvalue weighted by atomic mass is 10.1. The van der Waals surface area contributed by atoms with Gasteiger partial charge in [0, 0.05) is 13.6 Å². The number of hydrogen-bond donors (Lipinski definition) is 1. The highest BCUT2D eigenvalue weighted by Gasteiger charge is 2.16. The van der Waals surface area contributed by atoms with E-state index in [1.807, 2.05) is 45.2 Å². The topological polar surface area (TPSA) is 41.6 Å². The van der Waals surface area contributed by atoms with Gasteiger partial charge in [-0.2, -0.15) is 0 Å². The van der Waals surface area contributed by atoms with Gasteiger partial charge in [-0.25, -0.2) is 4.79 Å². The van der Waals surface area contributed by atoms with Crippen LogP contribution in [0.25, 0.3) is 0 Å². The van der Waals surface area contributed by atoms with Crippen LogP contribution in [-0.2, 0) is 11.3 Å². The molecule has 17 heavy (non-hydrogen) atoms. The molecule has 4 heteroatoms. The van der Waals surface area contributed by atoms with Crippen molar-refractivity contribution in [2.24, 2.45) is 0 Å². The van der Waals surface area contributed by atoms with E-state index in [0.29, 0.717) is 0 Å². The van der Waals surface area contributed by atoms with Crippen molar-refractivity contribution in [1.29, 1.82) is 0 Å². The molecule has 0 saturated heterocycles. The average molecular weight is 236 g/mol. The number of rotatable bonds is 4. The van der Waals surface area contributed by atoms with E-state index < -0.39 is 0 Å². The Morgan fingerprint density at radius 2 is 2.06 bits per heavy atom. The predicted molar refractivity (Wildman–Crippen MR) is 69.2 cm³/mol. The van der Waals surface area contributed by atoms with Gasteiger partial charge in [0.2, 0.25) is 0 Å². The number of anilines is 1. The summed E-state index contributed by atoms with van der Waals surface area (Å²) in [6.45, 7) is 4.39. The van der Waals surface area contributed by atoms with Gasteiger partial charge in [-0.05, 0) is 32.5 Å². The minimum atomic E-state index is -0.330. The largest absolute Gasteiger partial charge is 0.446 e. The summed E-state index contributed by atoms with van der Waals surface area (Å²) in [7, 11) is 3.60. The molecule has 0 aliphatic rings. The van der Waals surface area contributed by atoms with Gasteiger partial charge < -0.3 is 10.1 Å². The Labute approximate surface area is 103 Å². The molecular weight excluding hydrogens is 216 g/mol. The molecule has 0 spiro atoms. The highest BCUT2D eigenvalue weighted by atomic mass is 16.6. The first-order valence-corrected chi connectivity index (χ1v) is 5.73. The molecule has 0 aromatic heterocycles. The van der Waals surface area contributed by atoms with Gasteiger partial charge in [-0.1, -0.05) is 18.2 Å². The first-order chi connectivity index (χ1) is 8.06. The summed E-state index contributed by atoms with van der Waals surface area (Å²) in [6.07, 6.45) is -0.440. The van der Waals surface area contributed by atoms with Gasteiger partial charge in [-0.15, -0.1) is 0 Å². The third-order valence-electron chi connectivity index (χ3n) is 2.33. The molecule has 0 heterocycles. The lowest BCUT2D eigenvalue weighted by Gasteiger charge is -2.21. The fourth-order valence-electron chi connectivity index (χ4n) is 1.56. The highest BCUT2D eigenvalue weighted by Crippen LogP contribution is 2.19. The Morgan fingerprint density at radius 3 is 2.65 bits per heavy atom. The third kappa shape index (κ3) is 3.75. The molecule has 1 amide bonds. The molecule has 0 aliphatic heterocycles. The van der Waals surface area contributed by atoms with Crippen LogP contribution < -0.4 is 10.2 Å². The van der Waals surface area contributed by atoms with Gasteiger partial charge in [0.05, 0.1) is 11.8 Å². The van der Waals surface area contributed by atoms with E-state index in [1.165, 1.54) is 4.90 Å². The van der Waals surface area contributed by atoms with Gasteiger partial charge in [0.1, 0.15) is 0 Å². The van der Waals surface area contributed by atoms with Crippen LogP contribution in [0.2, 0.25) is 0 Å². The van der Waals surface area contributed by atoms with Crippen molar-refractivity contribution in [2.45, 2.75) is 26.5 Å². The second-order valence-corrected chi connectivity index (χ2v) is 4.15. The summed E-state index contributed by atoms with van der Waals surface area (Å²) in [5, 5.41) is 3.08. The van der Waals surface area contributed by atoms with Gasteiger partial charge in [-0.3, -0.25) is 4.90 Å². The predicted octanol–water partition coefficient (Wildman–Crippen LogP) is 2.39. The molecule has 4 nitrogen and oxygen atoms in total. The number of carbonyl (C=O) groups excluding carboxylic acids is 1. The Bertz CT molecular complexity index is 377. The highest BCUT2D eigenvalue weighted by molar-refractivity contribution is 5.88.